The van der Waals surface area contributed by atoms with E-state index in [1.807, 2.05) is 9.80 Å². The van der Waals surface area contributed by atoms with E-state index in [1.165, 1.54) is 12.8 Å². The normalized spacial score (nSPS) is 19.9. The zero-order chi connectivity index (χ0) is 16.9. The maximum atomic E-state index is 12.7. The molecule has 5 nitrogen and oxygen atoms in total. The van der Waals surface area contributed by atoms with Gasteiger partial charge in [0.1, 0.15) is 0 Å². The molecule has 2 amide bonds. The highest BCUT2D eigenvalue weighted by atomic mass is 16.2. The van der Waals surface area contributed by atoms with Gasteiger partial charge >= 0.3 is 0 Å². The largest absolute Gasteiger partial charge is 0.339 e. The number of piperidine rings is 1. The number of carbonyl (C=O) groups is 2. The summed E-state index contributed by atoms with van der Waals surface area (Å²) in [6.45, 7) is 5.43. The monoisotopic (exact) mass is 329 g/mol. The highest BCUT2D eigenvalue weighted by Crippen LogP contribution is 2.19. The van der Waals surface area contributed by atoms with Gasteiger partial charge in [0.15, 0.2) is 0 Å². The number of likely N-dealkylation sites (tertiary alicyclic amines) is 2. The number of rotatable bonds is 2. The Hall–Kier alpha value is -1.91. The molecule has 3 rings (SSSR count). The summed E-state index contributed by atoms with van der Waals surface area (Å²) >= 11 is 0. The molecular formula is C19H27N3O2. The first-order chi connectivity index (χ1) is 11.6. The van der Waals surface area contributed by atoms with Gasteiger partial charge in [0.25, 0.3) is 11.8 Å². The Labute approximate surface area is 144 Å². The van der Waals surface area contributed by atoms with Crippen LogP contribution in [0.15, 0.2) is 18.5 Å². The zero-order valence-corrected chi connectivity index (χ0v) is 14.5. The molecule has 1 aromatic rings. The van der Waals surface area contributed by atoms with Crippen LogP contribution < -0.4 is 0 Å². The molecule has 3 heterocycles. The molecule has 2 saturated heterocycles. The second kappa shape index (κ2) is 7.77. The predicted octanol–water partition coefficient (Wildman–Crippen LogP) is 2.97. The third-order valence-electron chi connectivity index (χ3n) is 5.20. The molecule has 0 spiro atoms. The van der Waals surface area contributed by atoms with Gasteiger partial charge in [0.2, 0.25) is 0 Å². The first kappa shape index (κ1) is 16.9. The average molecular weight is 329 g/mol. The fourth-order valence-electron chi connectivity index (χ4n) is 3.52. The Kier molecular flexibility index (Phi) is 5.48. The molecule has 0 bridgehead atoms. The van der Waals surface area contributed by atoms with E-state index >= 15 is 0 Å². The van der Waals surface area contributed by atoms with Gasteiger partial charge in [-0.2, -0.15) is 0 Å². The van der Waals surface area contributed by atoms with Crippen LogP contribution in [0.2, 0.25) is 0 Å². The minimum Gasteiger partial charge on any atom is -0.339 e. The van der Waals surface area contributed by atoms with E-state index in [1.54, 1.807) is 18.5 Å². The lowest BCUT2D eigenvalue weighted by Crippen LogP contribution is -2.38. The van der Waals surface area contributed by atoms with Crippen molar-refractivity contribution >= 4 is 11.8 Å². The van der Waals surface area contributed by atoms with Gasteiger partial charge in [-0.05, 0) is 37.7 Å². The Bertz CT molecular complexity index is 586. The van der Waals surface area contributed by atoms with E-state index in [4.69, 9.17) is 0 Å². The number of pyridine rings is 1. The van der Waals surface area contributed by atoms with Crippen molar-refractivity contribution in [1.29, 1.82) is 0 Å². The summed E-state index contributed by atoms with van der Waals surface area (Å²) in [5.74, 6) is 0.689. The molecule has 0 aromatic carbocycles. The minimum absolute atomic E-state index is 0.0000774. The Morgan fingerprint density at radius 1 is 0.875 bits per heavy atom. The Morgan fingerprint density at radius 2 is 1.38 bits per heavy atom. The molecule has 0 N–H and O–H groups in total. The molecule has 0 radical (unpaired) electrons. The Balaban J connectivity index is 1.71. The number of hydrogen-bond donors (Lipinski definition) is 0. The molecule has 2 fully saturated rings. The van der Waals surface area contributed by atoms with Crippen molar-refractivity contribution in [1.82, 2.24) is 14.8 Å². The number of aromatic nitrogens is 1. The van der Waals surface area contributed by atoms with E-state index in [-0.39, 0.29) is 11.8 Å². The first-order valence-electron chi connectivity index (χ1n) is 9.19. The molecule has 0 unspecified atom stereocenters. The minimum atomic E-state index is -0.0000774. The molecule has 2 aliphatic heterocycles. The summed E-state index contributed by atoms with van der Waals surface area (Å²) in [5.41, 5.74) is 1.07. The lowest BCUT2D eigenvalue weighted by atomic mass is 9.98. The van der Waals surface area contributed by atoms with Gasteiger partial charge in [-0.1, -0.05) is 19.8 Å². The average Bonchev–Trinajstić information content (AvgIpc) is 2.90. The highest BCUT2D eigenvalue weighted by molar-refractivity contribution is 5.99. The van der Waals surface area contributed by atoms with Crippen molar-refractivity contribution in [3.63, 3.8) is 0 Å². The van der Waals surface area contributed by atoms with E-state index in [0.29, 0.717) is 17.0 Å². The third-order valence-corrected chi connectivity index (χ3v) is 5.20. The van der Waals surface area contributed by atoms with Crippen LogP contribution in [0.4, 0.5) is 0 Å². The van der Waals surface area contributed by atoms with Crippen LogP contribution in [0.3, 0.4) is 0 Å². The molecule has 0 aliphatic carbocycles. The molecule has 0 atom stereocenters. The van der Waals surface area contributed by atoms with Crippen LogP contribution in [0.25, 0.3) is 0 Å². The quantitative estimate of drug-likeness (QED) is 0.838. The first-order valence-corrected chi connectivity index (χ1v) is 9.19. The van der Waals surface area contributed by atoms with Gasteiger partial charge in [-0.15, -0.1) is 0 Å². The number of carbonyl (C=O) groups excluding carboxylic acids is 2. The molecule has 5 heteroatoms. The van der Waals surface area contributed by atoms with Crippen molar-refractivity contribution in [2.45, 2.75) is 45.4 Å². The number of amides is 2. The SMILES string of the molecule is CC1CCN(C(=O)c2cncc(C(=O)N3CCCCCC3)c2)CC1. The van der Waals surface area contributed by atoms with Crippen LogP contribution in [0.1, 0.15) is 66.2 Å². The fraction of sp³-hybridized carbons (Fsp3) is 0.632. The van der Waals surface area contributed by atoms with Crippen molar-refractivity contribution in [3.05, 3.63) is 29.6 Å². The van der Waals surface area contributed by atoms with Gasteiger partial charge in [0, 0.05) is 38.6 Å². The maximum Gasteiger partial charge on any atom is 0.255 e. The van der Waals surface area contributed by atoms with Gasteiger partial charge in [-0.25, -0.2) is 0 Å². The second-order valence-corrected chi connectivity index (χ2v) is 7.14. The van der Waals surface area contributed by atoms with Crippen LogP contribution in [-0.2, 0) is 0 Å². The summed E-state index contributed by atoms with van der Waals surface area (Å²) in [7, 11) is 0. The smallest absolute Gasteiger partial charge is 0.255 e. The van der Waals surface area contributed by atoms with Crippen molar-refractivity contribution in [3.8, 4) is 0 Å². The summed E-state index contributed by atoms with van der Waals surface area (Å²) in [6.07, 6.45) is 9.76. The van der Waals surface area contributed by atoms with Crippen LogP contribution in [-0.4, -0.2) is 52.8 Å². The molecule has 2 aliphatic rings. The summed E-state index contributed by atoms with van der Waals surface area (Å²) < 4.78 is 0. The van der Waals surface area contributed by atoms with E-state index < -0.39 is 0 Å². The summed E-state index contributed by atoms with van der Waals surface area (Å²) in [4.78, 5) is 33.3. The van der Waals surface area contributed by atoms with Crippen LogP contribution in [0.5, 0.6) is 0 Å². The number of hydrogen-bond acceptors (Lipinski definition) is 3. The molecule has 24 heavy (non-hydrogen) atoms. The second-order valence-electron chi connectivity index (χ2n) is 7.14. The highest BCUT2D eigenvalue weighted by Gasteiger charge is 2.23. The van der Waals surface area contributed by atoms with Crippen LogP contribution >= 0.6 is 0 Å². The molecular weight excluding hydrogens is 302 g/mol. The summed E-state index contributed by atoms with van der Waals surface area (Å²) in [5, 5.41) is 0. The lowest BCUT2D eigenvalue weighted by Gasteiger charge is -2.30. The van der Waals surface area contributed by atoms with Crippen molar-refractivity contribution in [2.24, 2.45) is 5.92 Å². The van der Waals surface area contributed by atoms with Crippen molar-refractivity contribution < 1.29 is 9.59 Å². The molecule has 1 aromatic heterocycles. The van der Waals surface area contributed by atoms with Crippen LogP contribution in [0, 0.1) is 5.92 Å². The topological polar surface area (TPSA) is 53.5 Å². The van der Waals surface area contributed by atoms with E-state index in [9.17, 15) is 9.59 Å². The van der Waals surface area contributed by atoms with Crippen molar-refractivity contribution in [2.75, 3.05) is 26.2 Å². The van der Waals surface area contributed by atoms with Gasteiger partial charge in [0.05, 0.1) is 11.1 Å². The Morgan fingerprint density at radius 3 is 1.92 bits per heavy atom. The lowest BCUT2D eigenvalue weighted by molar-refractivity contribution is 0.0696. The van der Waals surface area contributed by atoms with Gasteiger partial charge < -0.3 is 9.80 Å². The van der Waals surface area contributed by atoms with E-state index in [2.05, 4.69) is 11.9 Å². The maximum absolute atomic E-state index is 12.7. The molecule has 130 valence electrons. The fourth-order valence-corrected chi connectivity index (χ4v) is 3.52. The zero-order valence-electron chi connectivity index (χ0n) is 14.5. The van der Waals surface area contributed by atoms with Gasteiger partial charge in [-0.3, -0.25) is 14.6 Å². The standard InChI is InChI=1S/C19H27N3O2/c1-15-6-10-22(11-7-15)19(24)17-12-16(13-20-14-17)18(23)21-8-4-2-3-5-9-21/h12-15H,2-11H2,1H3. The predicted molar refractivity (Wildman–Crippen MR) is 92.9 cm³/mol. The number of nitrogens with zero attached hydrogens (tertiary/aromatic N) is 3. The molecule has 0 saturated carbocycles. The summed E-state index contributed by atoms with van der Waals surface area (Å²) in [6, 6.07) is 1.72. The van der Waals surface area contributed by atoms with E-state index in [0.717, 1.165) is 51.9 Å². The third kappa shape index (κ3) is 3.94.